The molecule has 0 fully saturated rings. The van der Waals surface area contributed by atoms with Crippen LogP contribution in [-0.4, -0.2) is 21.5 Å². The summed E-state index contributed by atoms with van der Waals surface area (Å²) in [6.45, 7) is 6.91. The van der Waals surface area contributed by atoms with Gasteiger partial charge in [-0.25, -0.2) is 13.6 Å². The minimum atomic E-state index is -0.801. The lowest BCUT2D eigenvalue weighted by Gasteiger charge is -2.27. The zero-order valence-corrected chi connectivity index (χ0v) is 16.8. The minimum Gasteiger partial charge on any atom is -0.345 e. The minimum absolute atomic E-state index is 0.0443. The van der Waals surface area contributed by atoms with Crippen LogP contribution >= 0.6 is 0 Å². The van der Waals surface area contributed by atoms with Gasteiger partial charge in [0.15, 0.2) is 0 Å². The molecule has 3 rings (SSSR count). The van der Waals surface area contributed by atoms with Gasteiger partial charge in [-0.1, -0.05) is 29.8 Å². The Morgan fingerprint density at radius 1 is 1.10 bits per heavy atom. The standard InChI is InChI=1S/C23H25F2N3O/c1-16(2)28(23(29)26-22-10-9-19(24)13-21(22)25)15-20-8-5-11-27(20)14-18-7-4-6-17(3)12-18/h4-13,16H,14-15H2,1-3H3,(H,26,29). The summed E-state index contributed by atoms with van der Waals surface area (Å²) in [6, 6.07) is 14.7. The molecule has 0 spiro atoms. The van der Waals surface area contributed by atoms with E-state index < -0.39 is 17.7 Å². The zero-order chi connectivity index (χ0) is 21.0. The third-order valence-corrected chi connectivity index (χ3v) is 4.75. The van der Waals surface area contributed by atoms with Crippen LogP contribution < -0.4 is 5.32 Å². The maximum absolute atomic E-state index is 13.9. The Hall–Kier alpha value is -3.15. The fraction of sp³-hybridized carbons (Fsp3) is 0.261. The highest BCUT2D eigenvalue weighted by atomic mass is 19.1. The second-order valence-electron chi connectivity index (χ2n) is 7.39. The Morgan fingerprint density at radius 2 is 1.90 bits per heavy atom. The van der Waals surface area contributed by atoms with Crippen LogP contribution in [0.2, 0.25) is 0 Å². The van der Waals surface area contributed by atoms with Crippen molar-refractivity contribution in [1.29, 1.82) is 0 Å². The van der Waals surface area contributed by atoms with Gasteiger partial charge in [0.1, 0.15) is 11.6 Å². The quantitative estimate of drug-likeness (QED) is 0.580. The SMILES string of the molecule is Cc1cccc(Cn2cccc2CN(C(=O)Nc2ccc(F)cc2F)C(C)C)c1. The van der Waals surface area contributed by atoms with Crippen molar-refractivity contribution in [2.75, 3.05) is 5.32 Å². The normalized spacial score (nSPS) is 11.0. The molecule has 1 N–H and O–H groups in total. The second kappa shape index (κ2) is 8.90. The maximum Gasteiger partial charge on any atom is 0.322 e. The van der Waals surface area contributed by atoms with Gasteiger partial charge in [0.05, 0.1) is 12.2 Å². The van der Waals surface area contributed by atoms with Gasteiger partial charge in [0, 0.05) is 30.5 Å². The molecule has 3 aromatic rings. The number of amides is 2. The molecule has 0 aliphatic rings. The van der Waals surface area contributed by atoms with Crippen LogP contribution in [0.15, 0.2) is 60.8 Å². The predicted molar refractivity (Wildman–Crippen MR) is 111 cm³/mol. The number of hydrogen-bond donors (Lipinski definition) is 1. The topological polar surface area (TPSA) is 37.3 Å². The van der Waals surface area contributed by atoms with Crippen molar-refractivity contribution in [2.45, 2.75) is 39.9 Å². The van der Waals surface area contributed by atoms with Crippen LogP contribution in [0.4, 0.5) is 19.3 Å². The van der Waals surface area contributed by atoms with E-state index >= 15 is 0 Å². The monoisotopic (exact) mass is 397 g/mol. The molecule has 1 aromatic heterocycles. The van der Waals surface area contributed by atoms with Crippen molar-refractivity contribution in [1.82, 2.24) is 9.47 Å². The lowest BCUT2D eigenvalue weighted by atomic mass is 10.1. The Balaban J connectivity index is 1.76. The average Bonchev–Trinajstić information content (AvgIpc) is 3.08. The van der Waals surface area contributed by atoms with Crippen molar-refractivity contribution in [3.8, 4) is 0 Å². The molecule has 0 saturated carbocycles. The van der Waals surface area contributed by atoms with E-state index in [1.54, 1.807) is 4.90 Å². The van der Waals surface area contributed by atoms with E-state index in [4.69, 9.17) is 0 Å². The molecule has 0 aliphatic carbocycles. The van der Waals surface area contributed by atoms with Gasteiger partial charge in [-0.05, 0) is 50.6 Å². The van der Waals surface area contributed by atoms with E-state index in [9.17, 15) is 13.6 Å². The van der Waals surface area contributed by atoms with Gasteiger partial charge in [0.2, 0.25) is 0 Å². The van der Waals surface area contributed by atoms with E-state index in [-0.39, 0.29) is 11.7 Å². The number of halogens is 2. The molecule has 0 unspecified atom stereocenters. The molecular formula is C23H25F2N3O. The van der Waals surface area contributed by atoms with Crippen molar-refractivity contribution in [3.05, 3.63) is 89.2 Å². The fourth-order valence-corrected chi connectivity index (χ4v) is 3.20. The number of carbonyl (C=O) groups excluding carboxylic acids is 1. The molecule has 152 valence electrons. The van der Waals surface area contributed by atoms with E-state index in [2.05, 4.69) is 35.0 Å². The molecule has 2 amide bonds. The first-order valence-electron chi connectivity index (χ1n) is 9.55. The van der Waals surface area contributed by atoms with Crippen LogP contribution in [0.1, 0.15) is 30.7 Å². The summed E-state index contributed by atoms with van der Waals surface area (Å²) in [4.78, 5) is 14.4. The van der Waals surface area contributed by atoms with Crippen LogP contribution in [0.5, 0.6) is 0 Å². The zero-order valence-electron chi connectivity index (χ0n) is 16.8. The summed E-state index contributed by atoms with van der Waals surface area (Å²) in [6.07, 6.45) is 1.98. The summed E-state index contributed by atoms with van der Waals surface area (Å²) in [5.74, 6) is -1.49. The Morgan fingerprint density at radius 3 is 2.59 bits per heavy atom. The first kappa shape index (κ1) is 20.6. The summed E-state index contributed by atoms with van der Waals surface area (Å²) in [5, 5.41) is 2.54. The number of rotatable bonds is 6. The van der Waals surface area contributed by atoms with E-state index in [1.165, 1.54) is 17.2 Å². The fourth-order valence-electron chi connectivity index (χ4n) is 3.20. The molecule has 1 heterocycles. The summed E-state index contributed by atoms with van der Waals surface area (Å²) < 4.78 is 29.1. The number of aryl methyl sites for hydroxylation is 1. The Bertz CT molecular complexity index is 997. The maximum atomic E-state index is 13.9. The van der Waals surface area contributed by atoms with Gasteiger partial charge in [-0.2, -0.15) is 0 Å². The van der Waals surface area contributed by atoms with Crippen molar-refractivity contribution >= 4 is 11.7 Å². The number of aromatic nitrogens is 1. The van der Waals surface area contributed by atoms with Crippen LogP contribution in [0.3, 0.4) is 0 Å². The Kier molecular flexibility index (Phi) is 6.32. The van der Waals surface area contributed by atoms with Crippen LogP contribution in [-0.2, 0) is 13.1 Å². The number of benzene rings is 2. The summed E-state index contributed by atoms with van der Waals surface area (Å²) >= 11 is 0. The molecule has 6 heteroatoms. The smallest absolute Gasteiger partial charge is 0.322 e. The largest absolute Gasteiger partial charge is 0.345 e. The third kappa shape index (κ3) is 5.22. The van der Waals surface area contributed by atoms with Crippen molar-refractivity contribution < 1.29 is 13.6 Å². The molecule has 0 saturated heterocycles. The van der Waals surface area contributed by atoms with E-state index in [0.717, 1.165) is 17.8 Å². The van der Waals surface area contributed by atoms with Gasteiger partial charge in [-0.15, -0.1) is 0 Å². The summed E-state index contributed by atoms with van der Waals surface area (Å²) in [5.41, 5.74) is 3.30. The molecule has 0 bridgehead atoms. The highest BCUT2D eigenvalue weighted by Crippen LogP contribution is 2.18. The highest BCUT2D eigenvalue weighted by molar-refractivity contribution is 5.89. The molecule has 2 aromatic carbocycles. The summed E-state index contributed by atoms with van der Waals surface area (Å²) in [7, 11) is 0. The predicted octanol–water partition coefficient (Wildman–Crippen LogP) is 5.57. The first-order chi connectivity index (χ1) is 13.8. The van der Waals surface area contributed by atoms with Crippen molar-refractivity contribution in [2.24, 2.45) is 0 Å². The van der Waals surface area contributed by atoms with Gasteiger partial charge in [-0.3, -0.25) is 0 Å². The highest BCUT2D eigenvalue weighted by Gasteiger charge is 2.20. The number of nitrogens with one attached hydrogen (secondary N) is 1. The van der Waals surface area contributed by atoms with Crippen LogP contribution in [0, 0.1) is 18.6 Å². The molecule has 0 radical (unpaired) electrons. The lowest BCUT2D eigenvalue weighted by molar-refractivity contribution is 0.192. The Labute approximate surface area is 169 Å². The third-order valence-electron chi connectivity index (χ3n) is 4.75. The molecule has 29 heavy (non-hydrogen) atoms. The molecule has 0 atom stereocenters. The van der Waals surface area contributed by atoms with Crippen LogP contribution in [0.25, 0.3) is 0 Å². The average molecular weight is 397 g/mol. The molecule has 4 nitrogen and oxygen atoms in total. The number of hydrogen-bond acceptors (Lipinski definition) is 1. The first-order valence-corrected chi connectivity index (χ1v) is 9.55. The lowest BCUT2D eigenvalue weighted by Crippen LogP contribution is -2.40. The number of anilines is 1. The molecule has 0 aliphatic heterocycles. The van der Waals surface area contributed by atoms with E-state index in [0.29, 0.717) is 13.1 Å². The van der Waals surface area contributed by atoms with E-state index in [1.807, 2.05) is 38.2 Å². The van der Waals surface area contributed by atoms with Gasteiger partial charge in [0.25, 0.3) is 0 Å². The number of carbonyl (C=O) groups is 1. The second-order valence-corrected chi connectivity index (χ2v) is 7.39. The van der Waals surface area contributed by atoms with Crippen molar-refractivity contribution in [3.63, 3.8) is 0 Å². The number of urea groups is 1. The van der Waals surface area contributed by atoms with Gasteiger partial charge >= 0.3 is 6.03 Å². The number of nitrogens with zero attached hydrogens (tertiary/aromatic N) is 2. The van der Waals surface area contributed by atoms with Gasteiger partial charge < -0.3 is 14.8 Å². The molecular weight excluding hydrogens is 372 g/mol.